The largest absolute Gasteiger partial charge is 0.460 e. The van der Waals surface area contributed by atoms with Gasteiger partial charge in [0.15, 0.2) is 11.4 Å². The Balaban J connectivity index is 1.12. The van der Waals surface area contributed by atoms with Crippen LogP contribution in [0, 0.1) is 6.33 Å². The summed E-state index contributed by atoms with van der Waals surface area (Å²) in [6.07, 6.45) is 8.04. The molecule has 0 N–H and O–H groups in total. The second-order valence-corrected chi connectivity index (χ2v) is 13.6. The van der Waals surface area contributed by atoms with Crippen molar-refractivity contribution in [3.63, 3.8) is 0 Å². The zero-order valence-corrected chi connectivity index (χ0v) is 27.2. The first kappa shape index (κ1) is 28.3. The lowest BCUT2D eigenvalue weighted by Gasteiger charge is -2.19. The van der Waals surface area contributed by atoms with E-state index >= 15 is 0 Å². The zero-order valence-electron chi connectivity index (χ0n) is 27.2. The van der Waals surface area contributed by atoms with E-state index in [4.69, 9.17) is 9.40 Å². The molecule has 0 saturated carbocycles. The van der Waals surface area contributed by atoms with Gasteiger partial charge in [-0.05, 0) is 77.1 Å². The van der Waals surface area contributed by atoms with Gasteiger partial charge in [-0.25, -0.2) is 4.98 Å². The van der Waals surface area contributed by atoms with Gasteiger partial charge in [-0.3, -0.25) is 13.7 Å². The fourth-order valence-electron chi connectivity index (χ4n) is 6.99. The van der Waals surface area contributed by atoms with Crippen molar-refractivity contribution in [2.75, 3.05) is 0 Å². The molecule has 5 nitrogen and oxygen atoms in total. The minimum Gasteiger partial charge on any atom is -0.460 e. The van der Waals surface area contributed by atoms with Crippen molar-refractivity contribution in [3.8, 4) is 17.2 Å². The van der Waals surface area contributed by atoms with Crippen LogP contribution in [0.15, 0.2) is 144 Å². The quantitative estimate of drug-likeness (QED) is 0.142. The van der Waals surface area contributed by atoms with E-state index in [-0.39, 0.29) is 5.41 Å². The molecule has 0 bridgehead atoms. The first-order valence-electron chi connectivity index (χ1n) is 16.4. The predicted molar refractivity (Wildman–Crippen MR) is 193 cm³/mol. The number of aromatic nitrogens is 4. The van der Waals surface area contributed by atoms with Crippen LogP contribution in [0.5, 0.6) is 0 Å². The fourth-order valence-corrected chi connectivity index (χ4v) is 6.99. The van der Waals surface area contributed by atoms with Gasteiger partial charge in [0.05, 0.1) is 39.7 Å². The number of imidazole rings is 1. The van der Waals surface area contributed by atoms with Gasteiger partial charge in [0.1, 0.15) is 0 Å². The smallest absolute Gasteiger partial charge is 0.269 e. The topological polar surface area (TPSA) is 39.8 Å². The average molecular weight is 623 g/mol. The second kappa shape index (κ2) is 10.8. The molecular weight excluding hydrogens is 589 g/mol. The average Bonchev–Trinajstić information content (AvgIpc) is 3.82. The highest BCUT2D eigenvalue weighted by Crippen LogP contribution is 2.35. The summed E-state index contributed by atoms with van der Waals surface area (Å²) in [5.41, 5.74) is 11.3. The van der Waals surface area contributed by atoms with Crippen LogP contribution in [0.25, 0.3) is 61.0 Å². The van der Waals surface area contributed by atoms with Crippen molar-refractivity contribution in [2.24, 2.45) is 0 Å². The summed E-state index contributed by atoms with van der Waals surface area (Å²) in [5.74, 6) is 0.805. The summed E-state index contributed by atoms with van der Waals surface area (Å²) in [6.45, 7) is 6.74. The Bertz CT molecular complexity index is 2630. The number of fused-ring (bicyclic) bond motifs is 5. The Morgan fingerprint density at radius 3 is 2.33 bits per heavy atom. The lowest BCUT2D eigenvalue weighted by Crippen LogP contribution is -2.29. The highest BCUT2D eigenvalue weighted by Gasteiger charge is 2.18. The van der Waals surface area contributed by atoms with Crippen LogP contribution in [-0.2, 0) is 11.8 Å². The van der Waals surface area contributed by atoms with Gasteiger partial charge >= 0.3 is 0 Å². The molecule has 0 aliphatic rings. The van der Waals surface area contributed by atoms with E-state index in [9.17, 15) is 0 Å². The third-order valence-corrected chi connectivity index (χ3v) is 9.43. The number of para-hydroxylation sites is 3. The molecule has 0 radical (unpaired) electrons. The van der Waals surface area contributed by atoms with Gasteiger partial charge < -0.3 is 4.42 Å². The summed E-state index contributed by atoms with van der Waals surface area (Å²) in [4.78, 5) is 4.81. The molecule has 232 valence electrons. The van der Waals surface area contributed by atoms with Crippen LogP contribution in [-0.4, -0.2) is 14.1 Å². The van der Waals surface area contributed by atoms with E-state index < -0.39 is 0 Å². The van der Waals surface area contributed by atoms with E-state index in [0.717, 1.165) is 56.6 Å². The monoisotopic (exact) mass is 622 g/mol. The zero-order chi connectivity index (χ0) is 32.4. The van der Waals surface area contributed by atoms with Gasteiger partial charge in [-0.1, -0.05) is 99.6 Å². The number of nitrogens with zero attached hydrogens (tertiary/aromatic N) is 4. The number of pyridine rings is 1. The summed E-state index contributed by atoms with van der Waals surface area (Å²) in [6, 6.07) is 45.5. The molecule has 0 unspecified atom stereocenters. The van der Waals surface area contributed by atoms with Crippen molar-refractivity contribution in [2.45, 2.75) is 32.6 Å². The lowest BCUT2D eigenvalue weighted by molar-refractivity contribution is -0.572. The van der Waals surface area contributed by atoms with Crippen LogP contribution in [0.1, 0.15) is 37.5 Å². The van der Waals surface area contributed by atoms with Crippen LogP contribution in [0.2, 0.25) is 0 Å². The van der Waals surface area contributed by atoms with Crippen molar-refractivity contribution < 1.29 is 8.98 Å². The van der Waals surface area contributed by atoms with E-state index in [0.29, 0.717) is 0 Å². The van der Waals surface area contributed by atoms with Gasteiger partial charge in [-0.15, -0.1) is 0 Å². The van der Waals surface area contributed by atoms with Gasteiger partial charge in [-0.2, -0.15) is 0 Å². The molecule has 0 amide bonds. The van der Waals surface area contributed by atoms with Gasteiger partial charge in [0.25, 0.3) is 6.33 Å². The first-order chi connectivity index (χ1) is 23.4. The molecule has 0 saturated heterocycles. The molecule has 4 aromatic heterocycles. The van der Waals surface area contributed by atoms with Crippen LogP contribution in [0.3, 0.4) is 0 Å². The van der Waals surface area contributed by atoms with Crippen molar-refractivity contribution in [3.05, 3.63) is 163 Å². The molecule has 9 rings (SSSR count). The number of benzene rings is 5. The maximum atomic E-state index is 5.94. The molecule has 0 aliphatic carbocycles. The van der Waals surface area contributed by atoms with Gasteiger partial charge in [0.2, 0.25) is 0 Å². The molecule has 5 heteroatoms. The summed E-state index contributed by atoms with van der Waals surface area (Å²) in [5, 5.41) is 3.43. The Hall–Kier alpha value is -5.94. The molecule has 0 atom stereocenters. The number of furan rings is 1. The van der Waals surface area contributed by atoms with Crippen LogP contribution < -0.4 is 4.57 Å². The summed E-state index contributed by atoms with van der Waals surface area (Å²) in [7, 11) is 0. The molecule has 0 spiro atoms. The van der Waals surface area contributed by atoms with E-state index in [1.54, 1.807) is 6.26 Å². The van der Waals surface area contributed by atoms with Crippen molar-refractivity contribution >= 4 is 43.8 Å². The Labute approximate surface area is 278 Å². The number of hydrogen-bond donors (Lipinski definition) is 0. The predicted octanol–water partition coefficient (Wildman–Crippen LogP) is 9.83. The molecule has 48 heavy (non-hydrogen) atoms. The third-order valence-electron chi connectivity index (χ3n) is 9.43. The van der Waals surface area contributed by atoms with Crippen LogP contribution >= 0.6 is 0 Å². The lowest BCUT2D eigenvalue weighted by atomic mass is 9.87. The molecular formula is C43H34N4O. The molecule has 9 aromatic rings. The van der Waals surface area contributed by atoms with E-state index in [2.05, 4.69) is 156 Å². The number of rotatable bonds is 5. The maximum absolute atomic E-state index is 5.94. The number of hydrogen-bond acceptors (Lipinski definition) is 2. The Kier molecular flexibility index (Phi) is 6.37. The highest BCUT2D eigenvalue weighted by atomic mass is 16.3. The minimum atomic E-state index is 0.104. The van der Waals surface area contributed by atoms with E-state index in [1.165, 1.54) is 27.5 Å². The van der Waals surface area contributed by atoms with Crippen molar-refractivity contribution in [1.29, 1.82) is 0 Å². The van der Waals surface area contributed by atoms with E-state index in [1.807, 2.05) is 18.3 Å². The SMILES string of the molecule is CC(C)(C)c1ccc(-[n+]2[c-]n(-c3cccc(Cc4ccc5c6ccccc6n(-c6nccc7ccoc67)c5c4)c3)c3ccccc32)cc1. The summed E-state index contributed by atoms with van der Waals surface area (Å²) >= 11 is 0. The van der Waals surface area contributed by atoms with Crippen LogP contribution in [0.4, 0.5) is 0 Å². The fraction of sp³-hybridized carbons (Fsp3) is 0.116. The van der Waals surface area contributed by atoms with Gasteiger partial charge in [0, 0.05) is 22.4 Å². The highest BCUT2D eigenvalue weighted by molar-refractivity contribution is 6.10. The minimum absolute atomic E-state index is 0.104. The molecule has 4 heterocycles. The Morgan fingerprint density at radius 2 is 1.48 bits per heavy atom. The third kappa shape index (κ3) is 4.62. The normalized spacial score (nSPS) is 12.1. The first-order valence-corrected chi connectivity index (χ1v) is 16.4. The molecule has 0 aliphatic heterocycles. The maximum Gasteiger partial charge on any atom is 0.269 e. The van der Waals surface area contributed by atoms with Crippen molar-refractivity contribution in [1.82, 2.24) is 14.1 Å². The second-order valence-electron chi connectivity index (χ2n) is 13.6. The molecule has 0 fully saturated rings. The summed E-state index contributed by atoms with van der Waals surface area (Å²) < 4.78 is 12.5. The Morgan fingerprint density at radius 1 is 0.708 bits per heavy atom. The molecule has 5 aromatic carbocycles. The standard InChI is InChI=1S/C43H34N4O/c1-43(2,3)32-16-18-33(19-17-32)45-28-46(39-14-7-6-13-38(39)45)34-10-8-9-29(26-34)25-30-15-20-36-35-11-4-5-12-37(35)47(40(36)27-30)42-41-31(21-23-44-42)22-24-48-41/h4-24,26-27H,25H2,1-3H3.